The molecule has 4 rings (SSSR count). The number of nitrogens with zero attached hydrogens (tertiary/aromatic N) is 3. The third kappa shape index (κ3) is 3.73. The van der Waals surface area contributed by atoms with Crippen LogP contribution in [0.3, 0.4) is 0 Å². The van der Waals surface area contributed by atoms with Crippen molar-refractivity contribution < 1.29 is 9.59 Å². The zero-order valence-corrected chi connectivity index (χ0v) is 17.6. The van der Waals surface area contributed by atoms with Crippen molar-refractivity contribution in [3.05, 3.63) is 77.4 Å². The third-order valence-corrected chi connectivity index (χ3v) is 5.89. The Kier molecular flexibility index (Phi) is 5.40. The van der Waals surface area contributed by atoms with E-state index in [0.29, 0.717) is 13.1 Å². The van der Waals surface area contributed by atoms with Crippen LogP contribution in [0.15, 0.2) is 54.9 Å². The number of benzene rings is 2. The van der Waals surface area contributed by atoms with Gasteiger partial charge in [0.1, 0.15) is 5.82 Å². The fraction of sp³-hybridized carbons (Fsp3) is 0.292. The Hall–Kier alpha value is -3.41. The highest BCUT2D eigenvalue weighted by atomic mass is 16.2. The molecular formula is C24H26N4O2. The first-order valence-corrected chi connectivity index (χ1v) is 10.2. The van der Waals surface area contributed by atoms with Gasteiger partial charge < -0.3 is 14.8 Å². The molecule has 2 amide bonds. The van der Waals surface area contributed by atoms with E-state index in [-0.39, 0.29) is 24.2 Å². The van der Waals surface area contributed by atoms with Crippen LogP contribution in [0.25, 0.3) is 5.69 Å². The van der Waals surface area contributed by atoms with Crippen LogP contribution in [0.1, 0.15) is 28.9 Å². The summed E-state index contributed by atoms with van der Waals surface area (Å²) in [6, 6.07) is 13.9. The maximum atomic E-state index is 12.8. The number of amides is 2. The first-order chi connectivity index (χ1) is 14.5. The van der Waals surface area contributed by atoms with Crippen molar-refractivity contribution in [2.24, 2.45) is 5.92 Å². The molecule has 1 aliphatic heterocycles. The van der Waals surface area contributed by atoms with E-state index in [2.05, 4.69) is 10.3 Å². The van der Waals surface area contributed by atoms with Crippen molar-refractivity contribution in [3.63, 3.8) is 0 Å². The van der Waals surface area contributed by atoms with Gasteiger partial charge in [-0.05, 0) is 49.6 Å². The minimum absolute atomic E-state index is 0.00158. The first kappa shape index (κ1) is 19.9. The number of anilines is 1. The van der Waals surface area contributed by atoms with Crippen LogP contribution in [0.2, 0.25) is 0 Å². The van der Waals surface area contributed by atoms with Crippen molar-refractivity contribution in [2.75, 3.05) is 11.4 Å². The van der Waals surface area contributed by atoms with Crippen LogP contribution in [-0.2, 0) is 16.1 Å². The molecule has 1 atom stereocenters. The summed E-state index contributed by atoms with van der Waals surface area (Å²) >= 11 is 0. The minimum atomic E-state index is -0.348. The monoisotopic (exact) mass is 402 g/mol. The molecule has 1 aromatic heterocycles. The third-order valence-electron chi connectivity index (χ3n) is 5.89. The van der Waals surface area contributed by atoms with Gasteiger partial charge in [0.05, 0.1) is 11.6 Å². The van der Waals surface area contributed by atoms with Crippen LogP contribution in [0.5, 0.6) is 0 Å². The summed E-state index contributed by atoms with van der Waals surface area (Å²) in [4.78, 5) is 31.5. The van der Waals surface area contributed by atoms with Gasteiger partial charge in [-0.15, -0.1) is 0 Å². The van der Waals surface area contributed by atoms with Gasteiger partial charge in [-0.3, -0.25) is 9.59 Å². The molecule has 6 heteroatoms. The molecule has 2 heterocycles. The molecule has 30 heavy (non-hydrogen) atoms. The smallest absolute Gasteiger partial charge is 0.227 e. The summed E-state index contributed by atoms with van der Waals surface area (Å²) < 4.78 is 2.00. The molecule has 0 saturated carbocycles. The van der Waals surface area contributed by atoms with Gasteiger partial charge in [-0.1, -0.05) is 30.3 Å². The molecule has 1 aliphatic rings. The maximum Gasteiger partial charge on any atom is 0.227 e. The van der Waals surface area contributed by atoms with E-state index in [9.17, 15) is 9.59 Å². The van der Waals surface area contributed by atoms with Gasteiger partial charge >= 0.3 is 0 Å². The maximum absolute atomic E-state index is 12.8. The van der Waals surface area contributed by atoms with E-state index in [0.717, 1.165) is 33.9 Å². The number of imidazole rings is 1. The Balaban J connectivity index is 1.46. The molecule has 1 unspecified atom stereocenters. The number of rotatable bonds is 5. The Bertz CT molecular complexity index is 1100. The first-order valence-electron chi connectivity index (χ1n) is 10.2. The number of para-hydroxylation sites is 1. The molecular weight excluding hydrogens is 376 g/mol. The highest BCUT2D eigenvalue weighted by molar-refractivity contribution is 6.00. The lowest BCUT2D eigenvalue weighted by Crippen LogP contribution is -2.33. The quantitative estimate of drug-likeness (QED) is 0.711. The molecule has 1 saturated heterocycles. The summed E-state index contributed by atoms with van der Waals surface area (Å²) in [5.41, 5.74) is 5.11. The Morgan fingerprint density at radius 1 is 1.10 bits per heavy atom. The molecule has 0 aliphatic carbocycles. The van der Waals surface area contributed by atoms with Crippen molar-refractivity contribution >= 4 is 17.5 Å². The highest BCUT2D eigenvalue weighted by Gasteiger charge is 2.35. The van der Waals surface area contributed by atoms with E-state index < -0.39 is 0 Å². The van der Waals surface area contributed by atoms with Gasteiger partial charge in [0.25, 0.3) is 0 Å². The zero-order valence-electron chi connectivity index (χ0n) is 17.6. The normalized spacial score (nSPS) is 16.2. The summed E-state index contributed by atoms with van der Waals surface area (Å²) in [5.74, 6) is 0.450. The van der Waals surface area contributed by atoms with Gasteiger partial charge in [-0.25, -0.2) is 4.98 Å². The molecule has 1 N–H and O–H groups in total. The summed E-state index contributed by atoms with van der Waals surface area (Å²) in [6.45, 7) is 6.81. The molecule has 154 valence electrons. The molecule has 0 radical (unpaired) electrons. The topological polar surface area (TPSA) is 67.2 Å². The largest absolute Gasteiger partial charge is 0.352 e. The van der Waals surface area contributed by atoms with Crippen LogP contribution in [0, 0.1) is 26.7 Å². The number of hydrogen-bond donors (Lipinski definition) is 1. The molecule has 0 spiro atoms. The second-order valence-electron chi connectivity index (χ2n) is 7.82. The summed E-state index contributed by atoms with van der Waals surface area (Å²) in [7, 11) is 0. The average molecular weight is 402 g/mol. The van der Waals surface area contributed by atoms with Gasteiger partial charge in [-0.2, -0.15) is 0 Å². The van der Waals surface area contributed by atoms with Gasteiger partial charge in [0.15, 0.2) is 0 Å². The fourth-order valence-corrected chi connectivity index (χ4v) is 4.00. The van der Waals surface area contributed by atoms with Crippen LogP contribution in [-0.4, -0.2) is 27.9 Å². The average Bonchev–Trinajstić information content (AvgIpc) is 3.34. The Labute approximate surface area is 176 Å². The standard InChI is InChI=1S/C24H26N4O2/c1-16-7-6-10-21(17(16)2)28-15-20(13-23(28)29)24(30)26-14-19-8-4-5-9-22(19)27-12-11-25-18(27)3/h4-12,20H,13-15H2,1-3H3,(H,26,30). The van der Waals surface area contributed by atoms with E-state index in [1.807, 2.05) is 74.0 Å². The lowest BCUT2D eigenvalue weighted by atomic mass is 10.1. The lowest BCUT2D eigenvalue weighted by molar-refractivity contribution is -0.126. The van der Waals surface area contributed by atoms with Gasteiger partial charge in [0, 0.05) is 37.6 Å². The highest BCUT2D eigenvalue weighted by Crippen LogP contribution is 2.29. The van der Waals surface area contributed by atoms with Crippen LogP contribution < -0.4 is 10.2 Å². The van der Waals surface area contributed by atoms with Crippen molar-refractivity contribution in [3.8, 4) is 5.69 Å². The fourth-order valence-electron chi connectivity index (χ4n) is 4.00. The number of carbonyl (C=O) groups is 2. The predicted octanol–water partition coefficient (Wildman–Crippen LogP) is 3.47. The van der Waals surface area contributed by atoms with E-state index >= 15 is 0 Å². The minimum Gasteiger partial charge on any atom is -0.352 e. The lowest BCUT2D eigenvalue weighted by Gasteiger charge is -2.20. The van der Waals surface area contributed by atoms with Crippen LogP contribution >= 0.6 is 0 Å². The molecule has 1 fully saturated rings. The van der Waals surface area contributed by atoms with Crippen molar-refractivity contribution in [2.45, 2.75) is 33.7 Å². The molecule has 3 aromatic rings. The Morgan fingerprint density at radius 2 is 1.87 bits per heavy atom. The predicted molar refractivity (Wildman–Crippen MR) is 117 cm³/mol. The number of hydrogen-bond acceptors (Lipinski definition) is 3. The number of aromatic nitrogens is 2. The number of nitrogens with one attached hydrogen (secondary N) is 1. The van der Waals surface area contributed by atoms with Crippen molar-refractivity contribution in [1.82, 2.24) is 14.9 Å². The molecule has 0 bridgehead atoms. The van der Waals surface area contributed by atoms with Gasteiger partial charge in [0.2, 0.25) is 11.8 Å². The van der Waals surface area contributed by atoms with E-state index in [1.165, 1.54) is 0 Å². The number of aryl methyl sites for hydroxylation is 2. The van der Waals surface area contributed by atoms with Crippen molar-refractivity contribution in [1.29, 1.82) is 0 Å². The second kappa shape index (κ2) is 8.14. The Morgan fingerprint density at radius 3 is 2.63 bits per heavy atom. The summed E-state index contributed by atoms with van der Waals surface area (Å²) in [5, 5.41) is 3.03. The molecule has 2 aromatic carbocycles. The van der Waals surface area contributed by atoms with E-state index in [4.69, 9.17) is 0 Å². The number of carbonyl (C=O) groups excluding carboxylic acids is 2. The van der Waals surface area contributed by atoms with E-state index in [1.54, 1.807) is 11.1 Å². The van der Waals surface area contributed by atoms with Crippen LogP contribution in [0.4, 0.5) is 5.69 Å². The molecule has 6 nitrogen and oxygen atoms in total. The second-order valence-corrected chi connectivity index (χ2v) is 7.82. The zero-order chi connectivity index (χ0) is 21.3. The SMILES string of the molecule is Cc1cccc(N2CC(C(=O)NCc3ccccc3-n3ccnc3C)CC2=O)c1C. The summed E-state index contributed by atoms with van der Waals surface area (Å²) in [6.07, 6.45) is 3.91.